The van der Waals surface area contributed by atoms with Gasteiger partial charge in [0.1, 0.15) is 5.82 Å². The van der Waals surface area contributed by atoms with E-state index in [9.17, 15) is 17.6 Å². The molecule has 0 fully saturated rings. The van der Waals surface area contributed by atoms with Gasteiger partial charge in [-0.15, -0.1) is 0 Å². The van der Waals surface area contributed by atoms with Crippen molar-refractivity contribution in [2.75, 3.05) is 18.9 Å². The summed E-state index contributed by atoms with van der Waals surface area (Å²) in [5.41, 5.74) is 2.28. The lowest BCUT2D eigenvalue weighted by molar-refractivity contribution is 0.252. The quantitative estimate of drug-likeness (QED) is 0.554. The number of nitrogens with one attached hydrogen (secondary N) is 2. The van der Waals surface area contributed by atoms with Gasteiger partial charge in [-0.25, -0.2) is 17.6 Å². The Balaban J connectivity index is 1.52. The molecule has 8 heteroatoms. The zero-order valence-electron chi connectivity index (χ0n) is 17.1. The predicted molar refractivity (Wildman–Crippen MR) is 119 cm³/mol. The summed E-state index contributed by atoms with van der Waals surface area (Å²) >= 11 is 0. The number of amides is 2. The van der Waals surface area contributed by atoms with Gasteiger partial charge in [0.25, 0.3) is 0 Å². The van der Waals surface area contributed by atoms with Crippen molar-refractivity contribution >= 4 is 21.7 Å². The van der Waals surface area contributed by atoms with Crippen LogP contribution in [0.5, 0.6) is 0 Å². The average Bonchev–Trinajstić information content (AvgIpc) is 2.76. The number of urea groups is 1. The third-order valence-electron chi connectivity index (χ3n) is 4.68. The first-order valence-electron chi connectivity index (χ1n) is 9.74. The van der Waals surface area contributed by atoms with Crippen LogP contribution in [0.3, 0.4) is 0 Å². The molecular formula is C23H24FN3O3S. The van der Waals surface area contributed by atoms with Crippen LogP contribution in [0.15, 0.2) is 83.8 Å². The fourth-order valence-corrected chi connectivity index (χ4v) is 4.12. The molecular weight excluding hydrogens is 417 g/mol. The Morgan fingerprint density at radius 1 is 0.903 bits per heavy atom. The van der Waals surface area contributed by atoms with Crippen molar-refractivity contribution in [1.29, 1.82) is 0 Å². The maximum absolute atomic E-state index is 12.9. The van der Waals surface area contributed by atoms with Crippen molar-refractivity contribution in [3.63, 3.8) is 0 Å². The van der Waals surface area contributed by atoms with Gasteiger partial charge in [-0.2, -0.15) is 4.31 Å². The maximum Gasteiger partial charge on any atom is 0.319 e. The van der Waals surface area contributed by atoms with Gasteiger partial charge in [0, 0.05) is 25.8 Å². The molecule has 2 N–H and O–H groups in total. The second-order valence-corrected chi connectivity index (χ2v) is 9.07. The molecule has 0 spiro atoms. The highest BCUT2D eigenvalue weighted by atomic mass is 32.2. The predicted octanol–water partition coefficient (Wildman–Crippen LogP) is 4.01. The van der Waals surface area contributed by atoms with Crippen molar-refractivity contribution in [2.24, 2.45) is 0 Å². The SMILES string of the molecule is CN(Cc1ccccc1)S(=O)(=O)c1ccc(NC(=O)NCCc2ccc(F)cc2)cc1. The van der Waals surface area contributed by atoms with Crippen LogP contribution in [0.2, 0.25) is 0 Å². The largest absolute Gasteiger partial charge is 0.338 e. The second-order valence-electron chi connectivity index (χ2n) is 7.03. The first-order valence-corrected chi connectivity index (χ1v) is 11.2. The molecule has 0 heterocycles. The molecule has 0 aliphatic carbocycles. The molecule has 3 rings (SSSR count). The number of nitrogens with zero attached hydrogens (tertiary/aromatic N) is 1. The summed E-state index contributed by atoms with van der Waals surface area (Å²) < 4.78 is 39.7. The van der Waals surface area contributed by atoms with E-state index in [1.165, 1.54) is 35.6 Å². The maximum atomic E-state index is 12.9. The number of hydrogen-bond donors (Lipinski definition) is 2. The summed E-state index contributed by atoms with van der Waals surface area (Å²) in [6.45, 7) is 0.647. The first kappa shape index (κ1) is 22.5. The smallest absolute Gasteiger partial charge is 0.319 e. The van der Waals surface area contributed by atoms with Crippen molar-refractivity contribution in [1.82, 2.24) is 9.62 Å². The van der Waals surface area contributed by atoms with Crippen LogP contribution in [-0.2, 0) is 23.0 Å². The van der Waals surface area contributed by atoms with E-state index in [4.69, 9.17) is 0 Å². The molecule has 0 aliphatic rings. The molecule has 0 saturated carbocycles. The topological polar surface area (TPSA) is 78.5 Å². The zero-order chi connectivity index (χ0) is 22.3. The molecule has 6 nitrogen and oxygen atoms in total. The number of carbonyl (C=O) groups excluding carboxylic acids is 1. The summed E-state index contributed by atoms with van der Waals surface area (Å²) in [6.07, 6.45) is 0.568. The molecule has 0 saturated heterocycles. The van der Waals surface area contributed by atoms with Crippen LogP contribution < -0.4 is 10.6 Å². The lowest BCUT2D eigenvalue weighted by Crippen LogP contribution is -2.30. The molecule has 3 aromatic carbocycles. The lowest BCUT2D eigenvalue weighted by Gasteiger charge is -2.17. The minimum Gasteiger partial charge on any atom is -0.338 e. The minimum atomic E-state index is -3.65. The van der Waals surface area contributed by atoms with Crippen molar-refractivity contribution in [3.8, 4) is 0 Å². The van der Waals surface area contributed by atoms with E-state index in [1.807, 2.05) is 30.3 Å². The highest BCUT2D eigenvalue weighted by molar-refractivity contribution is 7.89. The van der Waals surface area contributed by atoms with E-state index in [0.29, 0.717) is 18.7 Å². The van der Waals surface area contributed by atoms with Gasteiger partial charge in [0.05, 0.1) is 4.90 Å². The Morgan fingerprint density at radius 3 is 2.19 bits per heavy atom. The van der Waals surface area contributed by atoms with Gasteiger partial charge >= 0.3 is 6.03 Å². The van der Waals surface area contributed by atoms with Crippen LogP contribution in [0.4, 0.5) is 14.9 Å². The summed E-state index contributed by atoms with van der Waals surface area (Å²) in [7, 11) is -2.12. The normalized spacial score (nSPS) is 11.3. The van der Waals surface area contributed by atoms with Crippen LogP contribution in [0.25, 0.3) is 0 Å². The van der Waals surface area contributed by atoms with E-state index in [0.717, 1.165) is 11.1 Å². The molecule has 2 amide bonds. The summed E-state index contributed by atoms with van der Waals surface area (Å²) in [5, 5.41) is 5.38. The summed E-state index contributed by atoms with van der Waals surface area (Å²) in [4.78, 5) is 12.2. The third kappa shape index (κ3) is 6.37. The van der Waals surface area contributed by atoms with E-state index in [1.54, 1.807) is 24.3 Å². The van der Waals surface area contributed by atoms with Crippen LogP contribution in [-0.4, -0.2) is 32.3 Å². The number of rotatable bonds is 8. The van der Waals surface area contributed by atoms with Gasteiger partial charge in [-0.05, 0) is 53.9 Å². The third-order valence-corrected chi connectivity index (χ3v) is 6.50. The number of sulfonamides is 1. The Kier molecular flexibility index (Phi) is 7.38. The fourth-order valence-electron chi connectivity index (χ4n) is 2.96. The van der Waals surface area contributed by atoms with Crippen molar-refractivity contribution < 1.29 is 17.6 Å². The molecule has 0 aromatic heterocycles. The van der Waals surface area contributed by atoms with E-state index in [-0.39, 0.29) is 17.3 Å². The number of carbonyl (C=O) groups is 1. The Morgan fingerprint density at radius 2 is 1.55 bits per heavy atom. The average molecular weight is 442 g/mol. The highest BCUT2D eigenvalue weighted by Crippen LogP contribution is 2.19. The van der Waals surface area contributed by atoms with E-state index >= 15 is 0 Å². The fraction of sp³-hybridized carbons (Fsp3) is 0.174. The number of anilines is 1. The van der Waals surface area contributed by atoms with Gasteiger partial charge in [-0.3, -0.25) is 0 Å². The molecule has 3 aromatic rings. The monoisotopic (exact) mass is 441 g/mol. The second kappa shape index (κ2) is 10.2. The Hall–Kier alpha value is -3.23. The molecule has 0 radical (unpaired) electrons. The number of halogens is 1. The Labute approximate surface area is 181 Å². The summed E-state index contributed by atoms with van der Waals surface area (Å²) in [6, 6.07) is 21.0. The Bertz CT molecular complexity index is 1100. The molecule has 0 aliphatic heterocycles. The highest BCUT2D eigenvalue weighted by Gasteiger charge is 2.20. The van der Waals surface area contributed by atoms with E-state index in [2.05, 4.69) is 10.6 Å². The van der Waals surface area contributed by atoms with Gasteiger partial charge in [0.2, 0.25) is 10.0 Å². The number of hydrogen-bond acceptors (Lipinski definition) is 3. The van der Waals surface area contributed by atoms with Gasteiger partial charge in [-0.1, -0.05) is 42.5 Å². The molecule has 0 atom stereocenters. The zero-order valence-corrected chi connectivity index (χ0v) is 17.9. The van der Waals surface area contributed by atoms with Gasteiger partial charge in [0.15, 0.2) is 0 Å². The van der Waals surface area contributed by atoms with Crippen molar-refractivity contribution in [3.05, 3.63) is 95.8 Å². The molecule has 0 unspecified atom stereocenters. The van der Waals surface area contributed by atoms with Crippen LogP contribution in [0, 0.1) is 5.82 Å². The minimum absolute atomic E-state index is 0.146. The first-order chi connectivity index (χ1) is 14.8. The van der Waals surface area contributed by atoms with E-state index < -0.39 is 16.1 Å². The van der Waals surface area contributed by atoms with Gasteiger partial charge < -0.3 is 10.6 Å². The van der Waals surface area contributed by atoms with Crippen molar-refractivity contribution in [2.45, 2.75) is 17.9 Å². The number of benzene rings is 3. The molecule has 162 valence electrons. The van der Waals surface area contributed by atoms with Crippen LogP contribution in [0.1, 0.15) is 11.1 Å². The standard InChI is InChI=1S/C23H24FN3O3S/c1-27(17-19-5-3-2-4-6-19)31(29,30)22-13-11-21(12-14-22)26-23(28)25-16-15-18-7-9-20(24)10-8-18/h2-14H,15-17H2,1H3,(H2,25,26,28). The molecule has 0 bridgehead atoms. The van der Waals surface area contributed by atoms with Crippen LogP contribution >= 0.6 is 0 Å². The molecule has 31 heavy (non-hydrogen) atoms. The lowest BCUT2D eigenvalue weighted by atomic mass is 10.1. The summed E-state index contributed by atoms with van der Waals surface area (Å²) in [5.74, 6) is -0.300.